The number of rotatable bonds is 1. The summed E-state index contributed by atoms with van der Waals surface area (Å²) in [6.45, 7) is 4.85. The minimum Gasteiger partial charge on any atom is -0.308 e. The highest BCUT2D eigenvalue weighted by atomic mass is 32.1. The van der Waals surface area contributed by atoms with Crippen LogP contribution in [0.2, 0.25) is 0 Å². The average Bonchev–Trinajstić information content (AvgIpc) is 3.78. The summed E-state index contributed by atoms with van der Waals surface area (Å²) < 4.78 is 5.40. The molecule has 0 bridgehead atoms. The van der Waals surface area contributed by atoms with E-state index in [0.29, 0.717) is 0 Å². The fourth-order valence-corrected chi connectivity index (χ4v) is 10.3. The van der Waals surface area contributed by atoms with Gasteiger partial charge in [-0.2, -0.15) is 0 Å². The van der Waals surface area contributed by atoms with Gasteiger partial charge in [0.2, 0.25) is 0 Å². The van der Waals surface area contributed by atoms with Crippen molar-refractivity contribution < 1.29 is 0 Å². The molecule has 0 amide bonds. The summed E-state index contributed by atoms with van der Waals surface area (Å²) in [4.78, 5) is 0. The zero-order valence-electron chi connectivity index (χ0n) is 25.0. The summed E-state index contributed by atoms with van der Waals surface area (Å²) in [6.07, 6.45) is 0. The fraction of sp³-hybridized carbons (Fsp3) is 0.0698. The van der Waals surface area contributed by atoms with E-state index in [1.54, 1.807) is 0 Å². The maximum Gasteiger partial charge on any atom is 0.0630 e. The molecule has 0 atom stereocenters. The number of thiophene rings is 1. The van der Waals surface area contributed by atoms with Crippen molar-refractivity contribution in [3.63, 3.8) is 0 Å². The predicted octanol–water partition coefficient (Wildman–Crippen LogP) is 12.3. The number of aromatic nitrogens is 1. The van der Waals surface area contributed by atoms with Crippen LogP contribution in [0.4, 0.5) is 0 Å². The van der Waals surface area contributed by atoms with Gasteiger partial charge in [-0.25, -0.2) is 0 Å². The molecule has 0 N–H and O–H groups in total. The Balaban J connectivity index is 1.42. The maximum absolute atomic E-state index is 2.61. The molecule has 2 aliphatic carbocycles. The summed E-state index contributed by atoms with van der Waals surface area (Å²) in [6, 6.07) is 47.7. The van der Waals surface area contributed by atoms with Crippen LogP contribution < -0.4 is 0 Å². The van der Waals surface area contributed by atoms with Crippen LogP contribution in [-0.2, 0) is 5.41 Å². The van der Waals surface area contributed by atoms with Gasteiger partial charge in [0.1, 0.15) is 0 Å². The number of fused-ring (bicyclic) bond motifs is 15. The molecule has 11 rings (SSSR count). The summed E-state index contributed by atoms with van der Waals surface area (Å²) >= 11 is 1.97. The normalized spacial score (nSPS) is 14.2. The molecular formula is C43H27NS. The molecule has 45 heavy (non-hydrogen) atoms. The van der Waals surface area contributed by atoms with Gasteiger partial charge in [0.15, 0.2) is 0 Å². The third-order valence-electron chi connectivity index (χ3n) is 10.7. The molecule has 0 radical (unpaired) electrons. The molecule has 0 unspecified atom stereocenters. The number of nitrogens with zero attached hydrogens (tertiary/aromatic N) is 1. The largest absolute Gasteiger partial charge is 0.308 e. The van der Waals surface area contributed by atoms with Crippen molar-refractivity contribution in [3.05, 3.63) is 139 Å². The molecule has 1 nitrogen and oxygen atoms in total. The van der Waals surface area contributed by atoms with Crippen LogP contribution in [0.5, 0.6) is 0 Å². The SMILES string of the molecule is CC1(C)c2ccccc2-c2c1c1sc3ccccc3c1c1c3ccccc3n(-c3ccc4c5c(cccc35)-c3ccccc3-4)c21. The monoisotopic (exact) mass is 589 g/mol. The van der Waals surface area contributed by atoms with E-state index in [0.717, 1.165) is 0 Å². The molecule has 0 spiro atoms. The lowest BCUT2D eigenvalue weighted by Crippen LogP contribution is -2.15. The first-order chi connectivity index (χ1) is 22.1. The molecule has 2 aliphatic rings. The molecule has 9 aromatic rings. The van der Waals surface area contributed by atoms with E-state index >= 15 is 0 Å². The average molecular weight is 590 g/mol. The van der Waals surface area contributed by atoms with Crippen molar-refractivity contribution in [1.29, 1.82) is 0 Å². The molecule has 210 valence electrons. The summed E-state index contributed by atoms with van der Waals surface area (Å²) in [5, 5.41) is 8.11. The van der Waals surface area contributed by atoms with E-state index in [2.05, 4.69) is 146 Å². The Morgan fingerprint density at radius 3 is 2.00 bits per heavy atom. The lowest BCUT2D eigenvalue weighted by Gasteiger charge is -2.22. The van der Waals surface area contributed by atoms with Gasteiger partial charge in [0, 0.05) is 47.3 Å². The topological polar surface area (TPSA) is 4.93 Å². The van der Waals surface area contributed by atoms with Gasteiger partial charge in [-0.1, -0.05) is 123 Å². The van der Waals surface area contributed by atoms with Crippen LogP contribution in [0, 0.1) is 0 Å². The summed E-state index contributed by atoms with van der Waals surface area (Å²) in [5.74, 6) is 0. The quantitative estimate of drug-likeness (QED) is 0.179. The zero-order chi connectivity index (χ0) is 29.6. The molecule has 2 heterocycles. The van der Waals surface area contributed by atoms with Crippen molar-refractivity contribution in [2.24, 2.45) is 0 Å². The minimum atomic E-state index is -0.121. The van der Waals surface area contributed by atoms with Crippen molar-refractivity contribution in [2.45, 2.75) is 19.3 Å². The highest BCUT2D eigenvalue weighted by molar-refractivity contribution is 7.26. The Bertz CT molecular complexity index is 2760. The van der Waals surface area contributed by atoms with Gasteiger partial charge in [-0.15, -0.1) is 11.3 Å². The molecule has 0 saturated heterocycles. The highest BCUT2D eigenvalue weighted by Gasteiger charge is 2.41. The van der Waals surface area contributed by atoms with Gasteiger partial charge in [-0.05, 0) is 62.5 Å². The van der Waals surface area contributed by atoms with E-state index in [1.165, 1.54) is 103 Å². The van der Waals surface area contributed by atoms with Gasteiger partial charge < -0.3 is 4.57 Å². The maximum atomic E-state index is 2.61. The lowest BCUT2D eigenvalue weighted by molar-refractivity contribution is 0.667. The Labute approximate surface area is 264 Å². The lowest BCUT2D eigenvalue weighted by atomic mass is 9.81. The molecule has 0 aliphatic heterocycles. The molecule has 2 aromatic heterocycles. The number of para-hydroxylation sites is 1. The van der Waals surface area contributed by atoms with Crippen molar-refractivity contribution in [2.75, 3.05) is 0 Å². The first-order valence-electron chi connectivity index (χ1n) is 15.8. The van der Waals surface area contributed by atoms with Crippen molar-refractivity contribution >= 4 is 64.1 Å². The first kappa shape index (κ1) is 24.2. The fourth-order valence-electron chi connectivity index (χ4n) is 8.91. The summed E-state index contributed by atoms with van der Waals surface area (Å²) in [5.41, 5.74) is 14.7. The zero-order valence-corrected chi connectivity index (χ0v) is 25.8. The van der Waals surface area contributed by atoms with Crippen molar-refractivity contribution in [1.82, 2.24) is 4.57 Å². The van der Waals surface area contributed by atoms with Gasteiger partial charge in [0.25, 0.3) is 0 Å². The second-order valence-electron chi connectivity index (χ2n) is 13.2. The number of hydrogen-bond donors (Lipinski definition) is 0. The minimum absolute atomic E-state index is 0.121. The first-order valence-corrected chi connectivity index (χ1v) is 16.6. The van der Waals surface area contributed by atoms with E-state index in [1.807, 2.05) is 11.3 Å². The highest BCUT2D eigenvalue weighted by Crippen LogP contribution is 2.59. The standard InChI is InChI=1S/C43H27NS/c1-43(2)32-19-8-5-14-28(32)39-40(43)42-38(31-16-7-10-21-35(31)45-42)37-30-15-6-9-20-33(30)44(41(37)39)34-23-22-27-25-13-4-3-12-24(25)26-17-11-18-29(34)36(26)27/h3-23H,1-2H3. The third-order valence-corrected chi connectivity index (χ3v) is 11.9. The van der Waals surface area contributed by atoms with Gasteiger partial charge in [-0.3, -0.25) is 0 Å². The van der Waals surface area contributed by atoms with Crippen LogP contribution in [0.25, 0.3) is 91.8 Å². The van der Waals surface area contributed by atoms with E-state index in [9.17, 15) is 0 Å². The van der Waals surface area contributed by atoms with Crippen LogP contribution in [-0.4, -0.2) is 4.57 Å². The second kappa shape index (κ2) is 8.10. The van der Waals surface area contributed by atoms with Crippen LogP contribution in [0.1, 0.15) is 25.0 Å². The third kappa shape index (κ3) is 2.77. The molecular weight excluding hydrogens is 563 g/mol. The predicted molar refractivity (Wildman–Crippen MR) is 193 cm³/mol. The van der Waals surface area contributed by atoms with Crippen LogP contribution in [0.3, 0.4) is 0 Å². The number of benzene rings is 7. The van der Waals surface area contributed by atoms with Gasteiger partial charge in [0.05, 0.1) is 16.7 Å². The van der Waals surface area contributed by atoms with Gasteiger partial charge >= 0.3 is 0 Å². The van der Waals surface area contributed by atoms with Crippen LogP contribution >= 0.6 is 11.3 Å². The summed E-state index contributed by atoms with van der Waals surface area (Å²) in [7, 11) is 0. The molecule has 0 saturated carbocycles. The second-order valence-corrected chi connectivity index (χ2v) is 14.3. The Morgan fingerprint density at radius 2 is 1.16 bits per heavy atom. The van der Waals surface area contributed by atoms with Crippen LogP contribution in [0.15, 0.2) is 127 Å². The van der Waals surface area contributed by atoms with Crippen molar-refractivity contribution in [3.8, 4) is 39.1 Å². The Morgan fingerprint density at radius 1 is 0.511 bits per heavy atom. The molecule has 2 heteroatoms. The Hall–Kier alpha value is -5.18. The molecule has 7 aromatic carbocycles. The van der Waals surface area contributed by atoms with E-state index < -0.39 is 0 Å². The molecule has 0 fully saturated rings. The number of hydrogen-bond acceptors (Lipinski definition) is 1. The van der Waals surface area contributed by atoms with E-state index in [4.69, 9.17) is 0 Å². The van der Waals surface area contributed by atoms with E-state index in [-0.39, 0.29) is 5.41 Å². The Kier molecular flexibility index (Phi) is 4.35. The smallest absolute Gasteiger partial charge is 0.0630 e.